The van der Waals surface area contributed by atoms with Gasteiger partial charge in [-0.15, -0.1) is 0 Å². The van der Waals surface area contributed by atoms with E-state index in [0.717, 1.165) is 30.0 Å². The van der Waals surface area contributed by atoms with E-state index >= 15 is 0 Å². The monoisotopic (exact) mass is 332 g/mol. The first-order valence-corrected chi connectivity index (χ1v) is 7.51. The maximum absolute atomic E-state index is 11.0. The molecule has 0 spiro atoms. The summed E-state index contributed by atoms with van der Waals surface area (Å²) in [5.41, 5.74) is 1.93. The molecule has 0 saturated heterocycles. The summed E-state index contributed by atoms with van der Waals surface area (Å²) < 4.78 is 6.54. The highest BCUT2D eigenvalue weighted by molar-refractivity contribution is 9.10. The molecule has 2 aromatic rings. The zero-order valence-electron chi connectivity index (χ0n) is 11.2. The summed E-state index contributed by atoms with van der Waals surface area (Å²) in [5.74, 6) is 0.641. The van der Waals surface area contributed by atoms with Crippen LogP contribution in [-0.2, 0) is 6.42 Å². The number of ether oxygens (including phenoxy) is 1. The quantitative estimate of drug-likeness (QED) is 0.544. The van der Waals surface area contributed by atoms with Crippen LogP contribution in [0.25, 0.3) is 0 Å². The summed E-state index contributed by atoms with van der Waals surface area (Å²) in [4.78, 5) is 11.0. The van der Waals surface area contributed by atoms with Gasteiger partial charge in [-0.25, -0.2) is 0 Å². The fraction of sp³-hybridized carbons (Fsp3) is 0.235. The van der Waals surface area contributed by atoms with Gasteiger partial charge in [0.05, 0.1) is 16.6 Å². The highest BCUT2D eigenvalue weighted by Gasteiger charge is 2.06. The highest BCUT2D eigenvalue weighted by Crippen LogP contribution is 2.28. The van der Waals surface area contributed by atoms with Gasteiger partial charge >= 0.3 is 0 Å². The molecule has 0 amide bonds. The van der Waals surface area contributed by atoms with E-state index in [1.165, 1.54) is 5.56 Å². The van der Waals surface area contributed by atoms with Crippen LogP contribution >= 0.6 is 15.9 Å². The molecule has 2 nitrogen and oxygen atoms in total. The molecule has 0 aliphatic heterocycles. The second-order valence-electron chi connectivity index (χ2n) is 4.57. The standard InChI is InChI=1S/C17H17BrO2/c18-16-11-6-10-15(13-19)17(16)20-12-5-4-9-14-7-2-1-3-8-14/h1-3,6-8,10-11,13H,4-5,9,12H2. The van der Waals surface area contributed by atoms with Crippen LogP contribution in [0.2, 0.25) is 0 Å². The van der Waals surface area contributed by atoms with Gasteiger partial charge in [0.1, 0.15) is 5.75 Å². The molecule has 104 valence electrons. The molecule has 0 bridgehead atoms. The topological polar surface area (TPSA) is 26.3 Å². The number of halogens is 1. The molecule has 0 radical (unpaired) electrons. The van der Waals surface area contributed by atoms with Crippen LogP contribution in [0.1, 0.15) is 28.8 Å². The van der Waals surface area contributed by atoms with Crippen molar-refractivity contribution in [2.24, 2.45) is 0 Å². The van der Waals surface area contributed by atoms with E-state index in [0.29, 0.717) is 17.9 Å². The Balaban J connectivity index is 1.78. The first-order chi connectivity index (χ1) is 9.81. The van der Waals surface area contributed by atoms with Crippen LogP contribution in [0, 0.1) is 0 Å². The summed E-state index contributed by atoms with van der Waals surface area (Å²) in [7, 11) is 0. The van der Waals surface area contributed by atoms with Gasteiger partial charge in [0.15, 0.2) is 6.29 Å². The molecule has 0 heterocycles. The third-order valence-electron chi connectivity index (χ3n) is 3.07. The molecule has 2 rings (SSSR count). The van der Waals surface area contributed by atoms with Crippen molar-refractivity contribution in [2.45, 2.75) is 19.3 Å². The smallest absolute Gasteiger partial charge is 0.153 e. The van der Waals surface area contributed by atoms with Gasteiger partial charge in [-0.1, -0.05) is 36.4 Å². The number of unbranched alkanes of at least 4 members (excludes halogenated alkanes) is 1. The number of hydrogen-bond donors (Lipinski definition) is 0. The maximum atomic E-state index is 11.0. The minimum atomic E-state index is 0.586. The molecule has 0 fully saturated rings. The fourth-order valence-electron chi connectivity index (χ4n) is 2.02. The molecule has 3 heteroatoms. The van der Waals surface area contributed by atoms with Crippen molar-refractivity contribution in [3.05, 3.63) is 64.1 Å². The number of carbonyl (C=O) groups excluding carboxylic acids is 1. The Morgan fingerprint density at radius 2 is 1.80 bits per heavy atom. The second kappa shape index (κ2) is 7.85. The average molecular weight is 333 g/mol. The molecule has 0 aliphatic carbocycles. The van der Waals surface area contributed by atoms with Crippen LogP contribution in [0.4, 0.5) is 0 Å². The minimum Gasteiger partial charge on any atom is -0.492 e. The predicted octanol–water partition coefficient (Wildman–Crippen LogP) is 4.66. The van der Waals surface area contributed by atoms with Crippen molar-refractivity contribution in [1.29, 1.82) is 0 Å². The van der Waals surface area contributed by atoms with Crippen molar-refractivity contribution >= 4 is 22.2 Å². The van der Waals surface area contributed by atoms with Crippen molar-refractivity contribution in [3.63, 3.8) is 0 Å². The number of hydrogen-bond acceptors (Lipinski definition) is 2. The lowest BCUT2D eigenvalue weighted by atomic mass is 10.1. The van der Waals surface area contributed by atoms with Crippen molar-refractivity contribution in [1.82, 2.24) is 0 Å². The molecule has 0 aliphatic rings. The summed E-state index contributed by atoms with van der Waals surface area (Å²) in [6.45, 7) is 0.621. The fourth-order valence-corrected chi connectivity index (χ4v) is 2.52. The lowest BCUT2D eigenvalue weighted by molar-refractivity contribution is 0.111. The summed E-state index contributed by atoms with van der Waals surface area (Å²) in [6, 6.07) is 15.9. The van der Waals surface area contributed by atoms with E-state index in [4.69, 9.17) is 4.74 Å². The third kappa shape index (κ3) is 4.20. The number of carbonyl (C=O) groups is 1. The van der Waals surface area contributed by atoms with Crippen molar-refractivity contribution < 1.29 is 9.53 Å². The first-order valence-electron chi connectivity index (χ1n) is 6.71. The Morgan fingerprint density at radius 1 is 1.00 bits per heavy atom. The highest BCUT2D eigenvalue weighted by atomic mass is 79.9. The van der Waals surface area contributed by atoms with Gasteiger partial charge in [-0.2, -0.15) is 0 Å². The van der Waals surface area contributed by atoms with Gasteiger partial charge < -0.3 is 4.74 Å². The normalized spacial score (nSPS) is 10.2. The molecule has 0 atom stereocenters. The van der Waals surface area contributed by atoms with Crippen molar-refractivity contribution in [2.75, 3.05) is 6.61 Å². The van der Waals surface area contributed by atoms with Gasteiger partial charge in [-0.3, -0.25) is 4.79 Å². The number of aryl methyl sites for hydroxylation is 1. The molecule has 0 saturated carbocycles. The molecular formula is C17H17BrO2. The second-order valence-corrected chi connectivity index (χ2v) is 5.42. The lowest BCUT2D eigenvalue weighted by Crippen LogP contribution is -2.01. The predicted molar refractivity (Wildman–Crippen MR) is 84.4 cm³/mol. The van der Waals surface area contributed by atoms with E-state index in [-0.39, 0.29) is 0 Å². The van der Waals surface area contributed by atoms with Crippen molar-refractivity contribution in [3.8, 4) is 5.75 Å². The van der Waals surface area contributed by atoms with Crippen LogP contribution < -0.4 is 4.74 Å². The Labute approximate surface area is 127 Å². The van der Waals surface area contributed by atoms with Crippen LogP contribution in [0.3, 0.4) is 0 Å². The molecular weight excluding hydrogens is 316 g/mol. The minimum absolute atomic E-state index is 0.586. The van der Waals surface area contributed by atoms with E-state index in [1.54, 1.807) is 6.07 Å². The third-order valence-corrected chi connectivity index (χ3v) is 3.70. The van der Waals surface area contributed by atoms with Gasteiger partial charge in [0.2, 0.25) is 0 Å². The van der Waals surface area contributed by atoms with E-state index in [2.05, 4.69) is 40.2 Å². The van der Waals surface area contributed by atoms with Crippen LogP contribution in [0.15, 0.2) is 53.0 Å². The largest absolute Gasteiger partial charge is 0.492 e. The van der Waals surface area contributed by atoms with E-state index in [9.17, 15) is 4.79 Å². The average Bonchev–Trinajstić information content (AvgIpc) is 2.49. The summed E-state index contributed by atoms with van der Waals surface area (Å²) in [6.07, 6.45) is 3.92. The molecule has 0 unspecified atom stereocenters. The van der Waals surface area contributed by atoms with Gasteiger partial charge in [0, 0.05) is 0 Å². The Morgan fingerprint density at radius 3 is 2.55 bits per heavy atom. The van der Waals surface area contributed by atoms with Crippen LogP contribution in [0.5, 0.6) is 5.75 Å². The number of rotatable bonds is 7. The number of aldehydes is 1. The van der Waals surface area contributed by atoms with E-state index in [1.807, 2.05) is 18.2 Å². The van der Waals surface area contributed by atoms with E-state index < -0.39 is 0 Å². The Bertz CT molecular complexity index is 552. The molecule has 0 N–H and O–H groups in total. The summed E-state index contributed by atoms with van der Waals surface area (Å²) >= 11 is 3.41. The SMILES string of the molecule is O=Cc1cccc(Br)c1OCCCCc1ccccc1. The summed E-state index contributed by atoms with van der Waals surface area (Å²) in [5, 5.41) is 0. The molecule has 2 aromatic carbocycles. The van der Waals surface area contributed by atoms with Gasteiger partial charge in [0.25, 0.3) is 0 Å². The molecule has 0 aromatic heterocycles. The van der Waals surface area contributed by atoms with Gasteiger partial charge in [-0.05, 0) is 52.9 Å². The molecule has 20 heavy (non-hydrogen) atoms. The number of para-hydroxylation sites is 1. The number of benzene rings is 2. The Hall–Kier alpha value is -1.61. The lowest BCUT2D eigenvalue weighted by Gasteiger charge is -2.10. The zero-order valence-corrected chi connectivity index (χ0v) is 12.8. The zero-order chi connectivity index (χ0) is 14.2. The first kappa shape index (κ1) is 14.8. The van der Waals surface area contributed by atoms with Crippen LogP contribution in [-0.4, -0.2) is 12.9 Å². The Kier molecular flexibility index (Phi) is 5.81. The maximum Gasteiger partial charge on any atom is 0.153 e.